The van der Waals surface area contributed by atoms with Crippen LogP contribution in [-0.2, 0) is 9.59 Å². The lowest BCUT2D eigenvalue weighted by atomic mass is 9.88. The van der Waals surface area contributed by atoms with E-state index in [2.05, 4.69) is 16.0 Å². The summed E-state index contributed by atoms with van der Waals surface area (Å²) in [5.41, 5.74) is 1.50. The van der Waals surface area contributed by atoms with Crippen molar-refractivity contribution in [2.24, 2.45) is 11.8 Å². The van der Waals surface area contributed by atoms with Gasteiger partial charge >= 0.3 is 0 Å². The third-order valence-corrected chi connectivity index (χ3v) is 5.33. The molecule has 1 heterocycles. The van der Waals surface area contributed by atoms with Gasteiger partial charge in [0.15, 0.2) is 0 Å². The van der Waals surface area contributed by atoms with E-state index in [1.165, 1.54) is 6.42 Å². The summed E-state index contributed by atoms with van der Waals surface area (Å²) in [5, 5.41) is 9.28. The quantitative estimate of drug-likeness (QED) is 0.700. The van der Waals surface area contributed by atoms with Crippen molar-refractivity contribution in [1.29, 1.82) is 0 Å². The zero-order valence-electron chi connectivity index (χ0n) is 15.3. The molecule has 0 bridgehead atoms. The predicted octanol–water partition coefficient (Wildman–Crippen LogP) is 3.96. The summed E-state index contributed by atoms with van der Waals surface area (Å²) in [6.07, 6.45) is 8.13. The lowest BCUT2D eigenvalue weighted by Crippen LogP contribution is -2.24. The average Bonchev–Trinajstić information content (AvgIpc) is 3.15. The van der Waals surface area contributed by atoms with Gasteiger partial charge < -0.3 is 16.0 Å². The lowest BCUT2D eigenvalue weighted by molar-refractivity contribution is -0.120. The molecule has 0 spiro atoms. The summed E-state index contributed by atoms with van der Waals surface area (Å²) in [6, 6.07) is 7.45. The molecule has 26 heavy (non-hydrogen) atoms. The van der Waals surface area contributed by atoms with Gasteiger partial charge in [-0.3, -0.25) is 9.59 Å². The Labute approximate surface area is 162 Å². The first-order valence-corrected chi connectivity index (χ1v) is 9.62. The molecular weight excluding hydrogens is 350 g/mol. The topological polar surface area (TPSA) is 70.2 Å². The van der Waals surface area contributed by atoms with E-state index in [4.69, 9.17) is 0 Å². The molecule has 1 unspecified atom stereocenters. The number of hydrogen-bond acceptors (Lipinski definition) is 3. The Bertz CT molecular complexity index is 596. The number of hydrogen-bond donors (Lipinski definition) is 3. The second kappa shape index (κ2) is 10.5. The molecule has 0 aromatic heterocycles. The van der Waals surface area contributed by atoms with Crippen molar-refractivity contribution in [3.8, 4) is 0 Å². The van der Waals surface area contributed by atoms with Crippen molar-refractivity contribution in [1.82, 2.24) is 5.32 Å². The summed E-state index contributed by atoms with van der Waals surface area (Å²) in [4.78, 5) is 24.5. The van der Waals surface area contributed by atoms with Crippen LogP contribution >= 0.6 is 12.4 Å². The largest absolute Gasteiger partial charge is 0.326 e. The fraction of sp³-hybridized carbons (Fsp3) is 0.600. The van der Waals surface area contributed by atoms with Gasteiger partial charge in [0, 0.05) is 23.7 Å². The number of benzene rings is 1. The van der Waals surface area contributed by atoms with Crippen LogP contribution in [0.2, 0.25) is 0 Å². The van der Waals surface area contributed by atoms with E-state index >= 15 is 0 Å². The highest BCUT2D eigenvalue weighted by Crippen LogP contribution is 2.25. The first-order chi connectivity index (χ1) is 12.2. The normalized spacial score (nSPS) is 20.2. The van der Waals surface area contributed by atoms with E-state index in [9.17, 15) is 9.59 Å². The van der Waals surface area contributed by atoms with Crippen LogP contribution in [0.1, 0.15) is 51.4 Å². The molecule has 0 radical (unpaired) electrons. The first kappa shape index (κ1) is 20.7. The fourth-order valence-electron chi connectivity index (χ4n) is 3.80. The Hall–Kier alpha value is -1.59. The monoisotopic (exact) mass is 379 g/mol. The third-order valence-electron chi connectivity index (χ3n) is 5.33. The van der Waals surface area contributed by atoms with Gasteiger partial charge in [-0.1, -0.05) is 25.3 Å². The highest BCUT2D eigenvalue weighted by atomic mass is 35.5. The smallest absolute Gasteiger partial charge is 0.227 e. The van der Waals surface area contributed by atoms with Crippen molar-refractivity contribution in [3.05, 3.63) is 24.3 Å². The second-order valence-corrected chi connectivity index (χ2v) is 7.35. The van der Waals surface area contributed by atoms with Crippen molar-refractivity contribution in [2.45, 2.75) is 51.4 Å². The highest BCUT2D eigenvalue weighted by Gasteiger charge is 2.21. The molecule has 1 aliphatic carbocycles. The molecule has 2 fully saturated rings. The molecule has 1 aliphatic heterocycles. The van der Waals surface area contributed by atoms with Crippen LogP contribution in [0.15, 0.2) is 24.3 Å². The van der Waals surface area contributed by atoms with Gasteiger partial charge in [-0.15, -0.1) is 12.4 Å². The Kier molecular flexibility index (Phi) is 8.39. The van der Waals surface area contributed by atoms with Gasteiger partial charge in [0.25, 0.3) is 0 Å². The van der Waals surface area contributed by atoms with Crippen molar-refractivity contribution in [3.63, 3.8) is 0 Å². The molecule has 1 saturated carbocycles. The van der Waals surface area contributed by atoms with Crippen molar-refractivity contribution >= 4 is 35.6 Å². The highest BCUT2D eigenvalue weighted by molar-refractivity contribution is 5.95. The SMILES string of the molecule is Cl.O=C(CCC1CCNC1)Nc1cccc(NC(=O)C2CCCCC2)c1. The van der Waals surface area contributed by atoms with E-state index in [0.29, 0.717) is 12.3 Å². The van der Waals surface area contributed by atoms with E-state index in [1.54, 1.807) is 0 Å². The molecule has 2 aliphatic rings. The molecule has 144 valence electrons. The van der Waals surface area contributed by atoms with Crippen LogP contribution in [-0.4, -0.2) is 24.9 Å². The third kappa shape index (κ3) is 6.29. The molecular formula is C20H30ClN3O2. The van der Waals surface area contributed by atoms with Crippen LogP contribution < -0.4 is 16.0 Å². The maximum atomic E-state index is 12.3. The van der Waals surface area contributed by atoms with Gasteiger partial charge in [-0.25, -0.2) is 0 Å². The van der Waals surface area contributed by atoms with Crippen LogP contribution in [0, 0.1) is 11.8 Å². The van der Waals surface area contributed by atoms with Gasteiger partial charge in [0.1, 0.15) is 0 Å². The molecule has 1 aromatic rings. The number of halogens is 1. The molecule has 2 amide bonds. The predicted molar refractivity (Wildman–Crippen MR) is 108 cm³/mol. The van der Waals surface area contributed by atoms with Crippen molar-refractivity contribution < 1.29 is 9.59 Å². The maximum Gasteiger partial charge on any atom is 0.227 e. The van der Waals surface area contributed by atoms with Gasteiger partial charge in [-0.05, 0) is 62.9 Å². The Balaban J connectivity index is 0.00000243. The standard InChI is InChI=1S/C20H29N3O2.ClH/c24-19(10-9-15-11-12-21-14-15)22-17-7-4-8-18(13-17)23-20(25)16-5-2-1-3-6-16;/h4,7-8,13,15-16,21H,1-3,5-6,9-12,14H2,(H,22,24)(H,23,25);1H. The average molecular weight is 380 g/mol. The molecule has 1 aromatic carbocycles. The number of carbonyl (C=O) groups is 2. The summed E-state index contributed by atoms with van der Waals surface area (Å²) < 4.78 is 0. The number of rotatable bonds is 6. The zero-order valence-corrected chi connectivity index (χ0v) is 16.1. The van der Waals surface area contributed by atoms with Crippen LogP contribution in [0.3, 0.4) is 0 Å². The summed E-state index contributed by atoms with van der Waals surface area (Å²) in [7, 11) is 0. The van der Waals surface area contributed by atoms with Crippen LogP contribution in [0.4, 0.5) is 11.4 Å². The summed E-state index contributed by atoms with van der Waals surface area (Å²) in [5.74, 6) is 0.901. The molecule has 1 atom stereocenters. The van der Waals surface area contributed by atoms with Crippen LogP contribution in [0.5, 0.6) is 0 Å². The minimum Gasteiger partial charge on any atom is -0.326 e. The Morgan fingerprint density at radius 1 is 1.04 bits per heavy atom. The maximum absolute atomic E-state index is 12.3. The number of anilines is 2. The Morgan fingerprint density at radius 3 is 2.46 bits per heavy atom. The van der Waals surface area contributed by atoms with Gasteiger partial charge in [0.2, 0.25) is 11.8 Å². The minimum atomic E-state index is 0. The molecule has 3 N–H and O–H groups in total. The summed E-state index contributed by atoms with van der Waals surface area (Å²) in [6.45, 7) is 2.09. The Morgan fingerprint density at radius 2 is 1.77 bits per heavy atom. The van der Waals surface area contributed by atoms with Crippen molar-refractivity contribution in [2.75, 3.05) is 23.7 Å². The van der Waals surface area contributed by atoms with Gasteiger partial charge in [0.05, 0.1) is 0 Å². The molecule has 5 nitrogen and oxygen atoms in total. The number of nitrogens with one attached hydrogen (secondary N) is 3. The first-order valence-electron chi connectivity index (χ1n) is 9.62. The lowest BCUT2D eigenvalue weighted by Gasteiger charge is -2.20. The van der Waals surface area contributed by atoms with Crippen LogP contribution in [0.25, 0.3) is 0 Å². The van der Waals surface area contributed by atoms with E-state index < -0.39 is 0 Å². The van der Waals surface area contributed by atoms with E-state index in [1.807, 2.05) is 24.3 Å². The minimum absolute atomic E-state index is 0. The molecule has 6 heteroatoms. The molecule has 3 rings (SSSR count). The summed E-state index contributed by atoms with van der Waals surface area (Å²) >= 11 is 0. The zero-order chi connectivity index (χ0) is 17.5. The van der Waals surface area contributed by atoms with E-state index in [-0.39, 0.29) is 30.1 Å². The van der Waals surface area contributed by atoms with Gasteiger partial charge in [-0.2, -0.15) is 0 Å². The van der Waals surface area contributed by atoms with E-state index in [0.717, 1.165) is 63.0 Å². The number of carbonyl (C=O) groups excluding carboxylic acids is 2. The second-order valence-electron chi connectivity index (χ2n) is 7.35. The molecule has 1 saturated heterocycles. The fourth-order valence-corrected chi connectivity index (χ4v) is 3.80. The number of amides is 2.